The number of unbranched alkanes of at least 4 members (excludes halogenated alkanes) is 2. The molecular formula is C58H74F6N2Na2O10S2. The number of benzene rings is 4. The van der Waals surface area contributed by atoms with Gasteiger partial charge in [0.1, 0.15) is 48.0 Å². The molecule has 0 aromatic heterocycles. The topological polar surface area (TPSA) is 168 Å². The summed E-state index contributed by atoms with van der Waals surface area (Å²) in [6, 6.07) is 15.5. The largest absolute Gasteiger partial charge is 1.00 e. The van der Waals surface area contributed by atoms with E-state index in [2.05, 4.69) is 9.44 Å². The third kappa shape index (κ3) is 18.3. The Morgan fingerprint density at radius 1 is 0.412 bits per heavy atom. The van der Waals surface area contributed by atoms with Gasteiger partial charge >= 0.3 is 70.1 Å². The predicted molar refractivity (Wildman–Crippen MR) is 290 cm³/mol. The Morgan fingerprint density at radius 3 is 0.787 bits per heavy atom. The fourth-order valence-corrected chi connectivity index (χ4v) is 9.54. The van der Waals surface area contributed by atoms with E-state index in [1.54, 1.807) is 0 Å². The molecule has 22 heteroatoms. The average molecular weight is 1180 g/mol. The molecule has 432 valence electrons. The Balaban J connectivity index is 0.00000840. The van der Waals surface area contributed by atoms with E-state index in [-0.39, 0.29) is 110 Å². The van der Waals surface area contributed by atoms with Crippen molar-refractivity contribution in [2.45, 2.75) is 181 Å². The molecule has 0 aliphatic heterocycles. The summed E-state index contributed by atoms with van der Waals surface area (Å²) in [5.74, 6) is -2.29. The van der Waals surface area contributed by atoms with Gasteiger partial charge in [-0.05, 0) is 101 Å². The summed E-state index contributed by atoms with van der Waals surface area (Å²) in [4.78, 5) is 26.4. The van der Waals surface area contributed by atoms with Crippen molar-refractivity contribution < 1.29 is 131 Å². The first-order valence-electron chi connectivity index (χ1n) is 26.0. The van der Waals surface area contributed by atoms with Crippen LogP contribution in [0.1, 0.15) is 189 Å². The molecule has 0 spiro atoms. The van der Waals surface area contributed by atoms with Crippen molar-refractivity contribution in [2.24, 2.45) is 0 Å². The number of hydrogen-bond donors (Lipinski definition) is 0. The second kappa shape index (κ2) is 27.0. The smallest absolute Gasteiger partial charge is 0.535 e. The Morgan fingerprint density at radius 2 is 0.613 bits per heavy atom. The Bertz CT molecular complexity index is 2800. The maximum Gasteiger partial charge on any atom is 1.00 e. The number of ether oxygens (including phenoxy) is 4. The standard InChI is InChI=1S/C58H76F6N2O10S2.2Na/c1-15-17-19-73-49-35-21-39-29-45(55(9,10)11)31-41(51(39)75-33-47(67)65-77(69,70)57(59,60)61)23-37-27-44(54(6,7)8)28-38(50(37)74-20-18-16-2)24-42-32-46(56(12,13)14)30-40(22-36(49)26-43(25-35)53(3,4)5)52(42)76-34-48(68)66-78(71,72)58(62,63)64;;/h25-32H,15-24,33-34H2,1-14H3,(H2,65,66,67,68);;/q;2*+1/p-2. The van der Waals surface area contributed by atoms with E-state index in [0.29, 0.717) is 68.8 Å². The number of alkyl halides is 6. The van der Waals surface area contributed by atoms with Crippen LogP contribution in [-0.4, -0.2) is 66.1 Å². The summed E-state index contributed by atoms with van der Waals surface area (Å²) in [6.07, 6.45) is 2.89. The van der Waals surface area contributed by atoms with E-state index in [1.165, 1.54) is 0 Å². The number of fused-ring (bicyclic) bond motifs is 8. The SMILES string of the molecule is CCCCOc1c2cc(C(C)(C)C)cc1Cc1cc(C(C)(C)C)cc(c1OCC(=O)[N-]S(=O)(=O)C(F)(F)F)Cc1cc(C(C)(C)C)cc(c1OCCCC)Cc1cc(C(C)(C)C)cc(c1OCC(=O)[N-]S(=O)(=O)C(F)(F)F)C2.[Na+].[Na+]. The molecule has 0 saturated carbocycles. The van der Waals surface area contributed by atoms with Crippen LogP contribution in [0.25, 0.3) is 9.44 Å². The molecule has 0 saturated heterocycles. The number of carbonyl (C=O) groups is 2. The number of amides is 2. The van der Waals surface area contributed by atoms with E-state index in [9.17, 15) is 52.8 Å². The zero-order valence-electron chi connectivity index (χ0n) is 49.2. The van der Waals surface area contributed by atoms with Gasteiger partial charge in [-0.25, -0.2) is 16.8 Å². The molecule has 0 N–H and O–H groups in total. The van der Waals surface area contributed by atoms with E-state index in [4.69, 9.17) is 18.9 Å². The van der Waals surface area contributed by atoms with Crippen LogP contribution in [0.2, 0.25) is 0 Å². The Hall–Kier alpha value is -3.50. The summed E-state index contributed by atoms with van der Waals surface area (Å²) in [6.45, 7) is 26.3. The molecular weight excluding hydrogens is 1110 g/mol. The molecule has 2 amide bonds. The quantitative estimate of drug-likeness (QED) is 0.0534. The third-order valence-electron chi connectivity index (χ3n) is 13.2. The van der Waals surface area contributed by atoms with E-state index in [0.717, 1.165) is 35.1 Å². The predicted octanol–water partition coefficient (Wildman–Crippen LogP) is 8.18. The van der Waals surface area contributed by atoms with Gasteiger partial charge in [-0.2, -0.15) is 26.3 Å². The maximum atomic E-state index is 13.6. The molecule has 1 aliphatic carbocycles. The van der Waals surface area contributed by atoms with Crippen molar-refractivity contribution in [2.75, 3.05) is 26.4 Å². The second-order valence-electron chi connectivity index (χ2n) is 24.0. The number of rotatable bonds is 16. The summed E-state index contributed by atoms with van der Waals surface area (Å²) in [5, 5.41) is 0. The first-order chi connectivity index (χ1) is 35.7. The molecule has 0 unspecified atom stereocenters. The van der Waals surface area contributed by atoms with Gasteiger partial charge in [0.2, 0.25) is 0 Å². The third-order valence-corrected chi connectivity index (χ3v) is 15.2. The van der Waals surface area contributed by atoms with Crippen molar-refractivity contribution in [1.82, 2.24) is 0 Å². The van der Waals surface area contributed by atoms with Gasteiger partial charge in [0.05, 0.1) is 13.2 Å². The fraction of sp³-hybridized carbons (Fsp3) is 0.552. The van der Waals surface area contributed by atoms with Gasteiger partial charge in [0.25, 0.3) is 0 Å². The minimum Gasteiger partial charge on any atom is -0.535 e. The molecule has 80 heavy (non-hydrogen) atoms. The number of sulfonamides is 2. The summed E-state index contributed by atoms with van der Waals surface area (Å²) < 4.78 is 161. The number of carbonyl (C=O) groups excluding carboxylic acids is 2. The van der Waals surface area contributed by atoms with Gasteiger partial charge in [0, 0.05) is 25.7 Å². The van der Waals surface area contributed by atoms with E-state index >= 15 is 0 Å². The van der Waals surface area contributed by atoms with Gasteiger partial charge < -0.3 is 38.0 Å². The molecule has 0 heterocycles. The molecule has 1 aliphatic rings. The number of hydrogen-bond acceptors (Lipinski definition) is 10. The summed E-state index contributed by atoms with van der Waals surface area (Å²) >= 11 is 0. The molecule has 12 nitrogen and oxygen atoms in total. The monoisotopic (exact) mass is 1180 g/mol. The molecule has 0 fully saturated rings. The first-order valence-corrected chi connectivity index (χ1v) is 28.8. The normalized spacial score (nSPS) is 13.6. The van der Waals surface area contributed by atoms with Gasteiger partial charge in [-0.15, -0.1) is 0 Å². The number of nitrogens with zero attached hydrogens (tertiary/aromatic N) is 2. The molecule has 4 aromatic carbocycles. The van der Waals surface area contributed by atoms with E-state index < -0.39 is 77.8 Å². The van der Waals surface area contributed by atoms with Crippen LogP contribution in [0.5, 0.6) is 23.0 Å². The molecule has 8 bridgehead atoms. The first kappa shape index (κ1) is 70.8. The second-order valence-corrected chi connectivity index (χ2v) is 27.2. The van der Waals surface area contributed by atoms with Crippen LogP contribution < -0.4 is 78.1 Å². The van der Waals surface area contributed by atoms with Crippen molar-refractivity contribution >= 4 is 31.9 Å². The van der Waals surface area contributed by atoms with Crippen molar-refractivity contribution in [1.29, 1.82) is 0 Å². The maximum absolute atomic E-state index is 13.6. The molecule has 0 radical (unpaired) electrons. The average Bonchev–Trinajstić information content (AvgIpc) is 3.27. The van der Waals surface area contributed by atoms with Gasteiger partial charge in [-0.1, -0.05) is 158 Å². The van der Waals surface area contributed by atoms with Crippen molar-refractivity contribution in [3.05, 3.63) is 125 Å². The van der Waals surface area contributed by atoms with Crippen LogP contribution in [-0.2, 0) is 77.0 Å². The zero-order chi connectivity index (χ0) is 58.8. The van der Waals surface area contributed by atoms with E-state index in [1.807, 2.05) is 145 Å². The zero-order valence-corrected chi connectivity index (χ0v) is 54.8. The van der Waals surface area contributed by atoms with Crippen LogP contribution in [0.15, 0.2) is 48.5 Å². The van der Waals surface area contributed by atoms with Crippen molar-refractivity contribution in [3.8, 4) is 23.0 Å². The minimum atomic E-state index is -6.22. The number of halogens is 6. The van der Waals surface area contributed by atoms with Crippen molar-refractivity contribution in [3.63, 3.8) is 0 Å². The fourth-order valence-electron chi connectivity index (χ4n) is 8.69. The van der Waals surface area contributed by atoms with Crippen LogP contribution >= 0.6 is 0 Å². The summed E-state index contributed by atoms with van der Waals surface area (Å²) in [7, 11) is -12.4. The Labute approximate surface area is 513 Å². The van der Waals surface area contributed by atoms with Crippen LogP contribution in [0.3, 0.4) is 0 Å². The van der Waals surface area contributed by atoms with Gasteiger partial charge in [-0.3, -0.25) is 0 Å². The molecule has 5 rings (SSSR count). The van der Waals surface area contributed by atoms with Crippen LogP contribution in [0, 0.1) is 0 Å². The van der Waals surface area contributed by atoms with Crippen LogP contribution in [0.4, 0.5) is 26.3 Å². The van der Waals surface area contributed by atoms with Gasteiger partial charge in [0.15, 0.2) is 20.0 Å². The summed E-state index contributed by atoms with van der Waals surface area (Å²) in [5.41, 5.74) is -6.05. The Kier molecular flexibility index (Phi) is 23.9. The minimum absolute atomic E-state index is 0. The molecule has 0 atom stereocenters. The molecule has 4 aromatic rings.